The fourth-order valence-corrected chi connectivity index (χ4v) is 2.60. The number of aliphatic hydroxyl groups excluding tert-OH is 1. The molecule has 0 saturated carbocycles. The van der Waals surface area contributed by atoms with Crippen molar-refractivity contribution in [1.82, 2.24) is 4.90 Å². The van der Waals surface area contributed by atoms with Crippen LogP contribution in [0.1, 0.15) is 23.4 Å². The number of hydrogen-bond donors (Lipinski definition) is 1. The molecule has 1 aliphatic heterocycles. The number of aliphatic hydroxyl groups is 1. The molecule has 2 heterocycles. The number of carbonyl (C=O) groups excluding carboxylic acids is 1. The van der Waals surface area contributed by atoms with Gasteiger partial charge in [0.2, 0.25) is 0 Å². The first kappa shape index (κ1) is 12.9. The zero-order chi connectivity index (χ0) is 13.9. The molecule has 1 amide bonds. The second kappa shape index (κ2) is 5.51. The van der Waals surface area contributed by atoms with E-state index in [0.717, 1.165) is 24.0 Å². The van der Waals surface area contributed by atoms with E-state index in [-0.39, 0.29) is 5.91 Å². The highest BCUT2D eigenvalue weighted by Gasteiger charge is 2.27. The lowest BCUT2D eigenvalue weighted by Crippen LogP contribution is -2.42. The van der Waals surface area contributed by atoms with E-state index in [1.807, 2.05) is 36.4 Å². The standard InChI is InChI=1S/C16H17NO3/c18-13-7-4-9-17(11-13)16(19)15-14(8-10-20-15)12-5-2-1-3-6-12/h1-3,5-6,8,10,13,18H,4,7,9,11H2. The van der Waals surface area contributed by atoms with Crippen molar-refractivity contribution in [2.75, 3.05) is 13.1 Å². The summed E-state index contributed by atoms with van der Waals surface area (Å²) < 4.78 is 5.40. The van der Waals surface area contributed by atoms with Crippen molar-refractivity contribution in [3.05, 3.63) is 48.4 Å². The van der Waals surface area contributed by atoms with Crippen LogP contribution in [0.3, 0.4) is 0 Å². The van der Waals surface area contributed by atoms with E-state index >= 15 is 0 Å². The van der Waals surface area contributed by atoms with E-state index in [2.05, 4.69) is 0 Å². The SMILES string of the molecule is O=C(c1occc1-c1ccccc1)N1CCCC(O)C1. The lowest BCUT2D eigenvalue weighted by atomic mass is 10.0. The fourth-order valence-electron chi connectivity index (χ4n) is 2.60. The maximum atomic E-state index is 12.5. The summed E-state index contributed by atoms with van der Waals surface area (Å²) in [6, 6.07) is 11.5. The maximum Gasteiger partial charge on any atom is 0.290 e. The van der Waals surface area contributed by atoms with Gasteiger partial charge in [0.1, 0.15) is 0 Å². The van der Waals surface area contributed by atoms with Gasteiger partial charge in [-0.2, -0.15) is 0 Å². The predicted octanol–water partition coefficient (Wildman–Crippen LogP) is 2.54. The second-order valence-electron chi connectivity index (χ2n) is 5.08. The number of piperidine rings is 1. The molecule has 3 rings (SSSR count). The summed E-state index contributed by atoms with van der Waals surface area (Å²) in [6.45, 7) is 1.05. The Kier molecular flexibility index (Phi) is 3.56. The molecule has 1 atom stereocenters. The van der Waals surface area contributed by atoms with Gasteiger partial charge in [0.15, 0.2) is 5.76 Å². The molecule has 0 bridgehead atoms. The molecule has 1 aromatic heterocycles. The molecule has 20 heavy (non-hydrogen) atoms. The average molecular weight is 271 g/mol. The number of benzene rings is 1. The van der Waals surface area contributed by atoms with E-state index in [4.69, 9.17) is 4.42 Å². The molecular weight excluding hydrogens is 254 g/mol. The van der Waals surface area contributed by atoms with Crippen molar-refractivity contribution in [3.63, 3.8) is 0 Å². The Bertz CT molecular complexity index is 591. The largest absolute Gasteiger partial charge is 0.459 e. The molecule has 4 heteroatoms. The van der Waals surface area contributed by atoms with Gasteiger partial charge in [0.25, 0.3) is 5.91 Å². The zero-order valence-corrected chi connectivity index (χ0v) is 11.2. The lowest BCUT2D eigenvalue weighted by molar-refractivity contribution is 0.0449. The second-order valence-corrected chi connectivity index (χ2v) is 5.08. The van der Waals surface area contributed by atoms with Gasteiger partial charge in [-0.15, -0.1) is 0 Å². The maximum absolute atomic E-state index is 12.5. The lowest BCUT2D eigenvalue weighted by Gasteiger charge is -2.29. The Morgan fingerprint density at radius 2 is 2.05 bits per heavy atom. The number of β-amino-alcohol motifs (C(OH)–C–C–N with tert-alkyl or cyclic N) is 1. The summed E-state index contributed by atoms with van der Waals surface area (Å²) >= 11 is 0. The molecular formula is C16H17NO3. The summed E-state index contributed by atoms with van der Waals surface area (Å²) in [7, 11) is 0. The first-order valence-electron chi connectivity index (χ1n) is 6.86. The number of rotatable bonds is 2. The normalized spacial score (nSPS) is 19.1. The third-order valence-corrected chi connectivity index (χ3v) is 3.63. The third-order valence-electron chi connectivity index (χ3n) is 3.63. The van der Waals surface area contributed by atoms with Crippen LogP contribution in [0.4, 0.5) is 0 Å². The molecule has 1 unspecified atom stereocenters. The number of nitrogens with zero attached hydrogens (tertiary/aromatic N) is 1. The van der Waals surface area contributed by atoms with Crippen LogP contribution in [0.5, 0.6) is 0 Å². The number of likely N-dealkylation sites (tertiary alicyclic amines) is 1. The van der Waals surface area contributed by atoms with E-state index in [1.54, 1.807) is 4.90 Å². The van der Waals surface area contributed by atoms with Gasteiger partial charge in [-0.1, -0.05) is 30.3 Å². The van der Waals surface area contributed by atoms with Crippen LogP contribution >= 0.6 is 0 Å². The number of furan rings is 1. The summed E-state index contributed by atoms with van der Waals surface area (Å²) in [6.07, 6.45) is 2.69. The highest BCUT2D eigenvalue weighted by Crippen LogP contribution is 2.26. The quantitative estimate of drug-likeness (QED) is 0.913. The van der Waals surface area contributed by atoms with Gasteiger partial charge >= 0.3 is 0 Å². The average Bonchev–Trinajstić information content (AvgIpc) is 2.97. The molecule has 1 aromatic carbocycles. The topological polar surface area (TPSA) is 53.7 Å². The molecule has 4 nitrogen and oxygen atoms in total. The molecule has 1 N–H and O–H groups in total. The molecule has 1 aliphatic rings. The van der Waals surface area contributed by atoms with Crippen LogP contribution in [0.15, 0.2) is 47.1 Å². The van der Waals surface area contributed by atoms with E-state index in [9.17, 15) is 9.90 Å². The van der Waals surface area contributed by atoms with Gasteiger partial charge < -0.3 is 14.4 Å². The van der Waals surface area contributed by atoms with Crippen molar-refractivity contribution in [2.45, 2.75) is 18.9 Å². The van der Waals surface area contributed by atoms with Crippen molar-refractivity contribution < 1.29 is 14.3 Å². The number of amides is 1. The van der Waals surface area contributed by atoms with Crippen LogP contribution in [-0.4, -0.2) is 35.1 Å². The van der Waals surface area contributed by atoms with Crippen molar-refractivity contribution in [2.24, 2.45) is 0 Å². The predicted molar refractivity (Wildman–Crippen MR) is 75.3 cm³/mol. The summed E-state index contributed by atoms with van der Waals surface area (Å²) in [5.41, 5.74) is 1.76. The Morgan fingerprint density at radius 1 is 1.25 bits per heavy atom. The van der Waals surface area contributed by atoms with Crippen LogP contribution in [0.25, 0.3) is 11.1 Å². The molecule has 0 aliphatic carbocycles. The summed E-state index contributed by atoms with van der Waals surface area (Å²) in [4.78, 5) is 14.2. The van der Waals surface area contributed by atoms with Gasteiger partial charge in [-0.3, -0.25) is 4.79 Å². The minimum Gasteiger partial charge on any atom is -0.459 e. The highest BCUT2D eigenvalue weighted by molar-refractivity contribution is 5.98. The van der Waals surface area contributed by atoms with Crippen LogP contribution in [0.2, 0.25) is 0 Å². The smallest absolute Gasteiger partial charge is 0.290 e. The van der Waals surface area contributed by atoms with E-state index in [1.165, 1.54) is 6.26 Å². The monoisotopic (exact) mass is 271 g/mol. The minimum atomic E-state index is -0.428. The third kappa shape index (κ3) is 2.47. The molecule has 2 aromatic rings. The Morgan fingerprint density at radius 3 is 2.80 bits per heavy atom. The first-order chi connectivity index (χ1) is 9.75. The summed E-state index contributed by atoms with van der Waals surface area (Å²) in [5.74, 6) is 0.206. The molecule has 0 spiro atoms. The van der Waals surface area contributed by atoms with Crippen LogP contribution < -0.4 is 0 Å². The van der Waals surface area contributed by atoms with Crippen molar-refractivity contribution in [1.29, 1.82) is 0 Å². The number of hydrogen-bond acceptors (Lipinski definition) is 3. The zero-order valence-electron chi connectivity index (χ0n) is 11.2. The fraction of sp³-hybridized carbons (Fsp3) is 0.312. The van der Waals surface area contributed by atoms with E-state index < -0.39 is 6.10 Å². The first-order valence-corrected chi connectivity index (χ1v) is 6.86. The molecule has 1 fully saturated rings. The van der Waals surface area contributed by atoms with Gasteiger partial charge in [-0.05, 0) is 24.5 Å². The van der Waals surface area contributed by atoms with E-state index in [0.29, 0.717) is 18.8 Å². The Balaban J connectivity index is 1.88. The Hall–Kier alpha value is -2.07. The van der Waals surface area contributed by atoms with Gasteiger partial charge in [-0.25, -0.2) is 0 Å². The van der Waals surface area contributed by atoms with Gasteiger partial charge in [0.05, 0.1) is 12.4 Å². The number of carbonyl (C=O) groups is 1. The van der Waals surface area contributed by atoms with Crippen LogP contribution in [-0.2, 0) is 0 Å². The van der Waals surface area contributed by atoms with Crippen LogP contribution in [0, 0.1) is 0 Å². The minimum absolute atomic E-state index is 0.146. The van der Waals surface area contributed by atoms with Gasteiger partial charge in [0, 0.05) is 18.7 Å². The van der Waals surface area contributed by atoms with Crippen molar-refractivity contribution >= 4 is 5.91 Å². The highest BCUT2D eigenvalue weighted by atomic mass is 16.3. The molecule has 104 valence electrons. The molecule has 1 saturated heterocycles. The van der Waals surface area contributed by atoms with Crippen molar-refractivity contribution in [3.8, 4) is 11.1 Å². The molecule has 0 radical (unpaired) electrons. The Labute approximate surface area is 117 Å². The summed E-state index contributed by atoms with van der Waals surface area (Å²) in [5, 5.41) is 9.69.